The summed E-state index contributed by atoms with van der Waals surface area (Å²) in [4.78, 5) is 32.2. The topological polar surface area (TPSA) is 97.9 Å². The van der Waals surface area contributed by atoms with Gasteiger partial charge in [0, 0.05) is 50.8 Å². The maximum atomic E-state index is 12.7. The first-order valence-electron chi connectivity index (χ1n) is 9.18. The quantitative estimate of drug-likeness (QED) is 0.715. The number of hydrogen-bond acceptors (Lipinski definition) is 6. The second-order valence-corrected chi connectivity index (χ2v) is 8.01. The molecule has 1 saturated heterocycles. The first-order chi connectivity index (χ1) is 13.6. The largest absolute Gasteiger partial charge is 0.341 e. The highest BCUT2D eigenvalue weighted by molar-refractivity contribution is 7.08. The van der Waals surface area contributed by atoms with E-state index in [1.807, 2.05) is 18.0 Å². The van der Waals surface area contributed by atoms with Gasteiger partial charge in [-0.05, 0) is 30.6 Å². The Labute approximate surface area is 165 Å². The van der Waals surface area contributed by atoms with E-state index in [9.17, 15) is 9.59 Å². The van der Waals surface area contributed by atoms with Crippen molar-refractivity contribution in [2.45, 2.75) is 31.5 Å². The highest BCUT2D eigenvalue weighted by Gasteiger charge is 2.54. The summed E-state index contributed by atoms with van der Waals surface area (Å²) in [5.41, 5.74) is 0.326. The predicted molar refractivity (Wildman–Crippen MR) is 101 cm³/mol. The Kier molecular flexibility index (Phi) is 3.83. The van der Waals surface area contributed by atoms with Gasteiger partial charge in [0.1, 0.15) is 16.4 Å². The lowest BCUT2D eigenvalue weighted by Crippen LogP contribution is -2.62. The van der Waals surface area contributed by atoms with E-state index in [4.69, 9.17) is 0 Å². The molecular formula is C18H19N7O2S. The summed E-state index contributed by atoms with van der Waals surface area (Å²) >= 11 is 1.21. The fourth-order valence-corrected chi connectivity index (χ4v) is 4.80. The van der Waals surface area contributed by atoms with E-state index in [-0.39, 0.29) is 23.4 Å². The molecule has 0 bridgehead atoms. The van der Waals surface area contributed by atoms with Crippen molar-refractivity contribution in [1.82, 2.24) is 33.9 Å². The normalized spacial score (nSPS) is 19.5. The number of hydrogen-bond donors (Lipinski definition) is 1. The molecule has 144 valence electrons. The average molecular weight is 397 g/mol. The number of nitrogens with one attached hydrogen (secondary N) is 1. The van der Waals surface area contributed by atoms with E-state index in [0.29, 0.717) is 36.6 Å². The highest BCUT2D eigenvalue weighted by atomic mass is 32.1. The summed E-state index contributed by atoms with van der Waals surface area (Å²) in [6.45, 7) is 3.79. The Balaban J connectivity index is 1.33. The Morgan fingerprint density at radius 1 is 1.29 bits per heavy atom. The van der Waals surface area contributed by atoms with Crippen LogP contribution in [0.1, 0.15) is 45.4 Å². The van der Waals surface area contributed by atoms with Crippen LogP contribution in [0.4, 0.5) is 0 Å². The lowest BCUT2D eigenvalue weighted by atomic mass is 9.86. The number of aromatic nitrogens is 5. The van der Waals surface area contributed by atoms with Crippen LogP contribution >= 0.6 is 11.5 Å². The van der Waals surface area contributed by atoms with Gasteiger partial charge < -0.3 is 14.8 Å². The van der Waals surface area contributed by atoms with Crippen molar-refractivity contribution in [1.29, 1.82) is 0 Å². The molecule has 1 fully saturated rings. The highest BCUT2D eigenvalue weighted by Crippen LogP contribution is 2.45. The molecule has 9 nitrogen and oxygen atoms in total. The number of rotatable bonds is 4. The van der Waals surface area contributed by atoms with Gasteiger partial charge in [0.15, 0.2) is 0 Å². The predicted octanol–water partition coefficient (Wildman–Crippen LogP) is 1.28. The Morgan fingerprint density at radius 2 is 2.14 bits per heavy atom. The number of fused-ring (bicyclic) bond motifs is 2. The molecule has 1 N–H and O–H groups in total. The van der Waals surface area contributed by atoms with Crippen LogP contribution in [-0.4, -0.2) is 53.5 Å². The molecular weight excluding hydrogens is 378 g/mol. The van der Waals surface area contributed by atoms with Crippen molar-refractivity contribution in [3.05, 3.63) is 53.3 Å². The molecule has 2 aliphatic heterocycles. The minimum Gasteiger partial charge on any atom is -0.341 e. The smallest absolute Gasteiger partial charge is 0.270 e. The van der Waals surface area contributed by atoms with E-state index < -0.39 is 0 Å². The third kappa shape index (κ3) is 2.48. The molecule has 0 radical (unpaired) electrons. The number of carbonyl (C=O) groups is 2. The lowest BCUT2D eigenvalue weighted by Gasteiger charge is -2.48. The van der Waals surface area contributed by atoms with Crippen LogP contribution in [0.2, 0.25) is 0 Å². The molecule has 10 heteroatoms. The fraction of sp³-hybridized carbons (Fsp3) is 0.389. The molecule has 0 saturated carbocycles. The van der Waals surface area contributed by atoms with Crippen LogP contribution < -0.4 is 5.32 Å². The van der Waals surface area contributed by atoms with Crippen molar-refractivity contribution < 1.29 is 9.59 Å². The summed E-state index contributed by atoms with van der Waals surface area (Å²) < 4.78 is 7.80. The molecule has 0 aliphatic carbocycles. The van der Waals surface area contributed by atoms with Crippen LogP contribution in [0.5, 0.6) is 0 Å². The summed E-state index contributed by atoms with van der Waals surface area (Å²) in [5, 5.41) is 7.26. The average Bonchev–Trinajstić information content (AvgIpc) is 3.44. The van der Waals surface area contributed by atoms with Crippen LogP contribution in [-0.2, 0) is 12.1 Å². The van der Waals surface area contributed by atoms with Gasteiger partial charge >= 0.3 is 0 Å². The molecule has 1 unspecified atom stereocenters. The third-order valence-electron chi connectivity index (χ3n) is 5.54. The van der Waals surface area contributed by atoms with E-state index in [1.165, 1.54) is 11.5 Å². The molecule has 5 rings (SSSR count). The van der Waals surface area contributed by atoms with Crippen molar-refractivity contribution in [3.63, 3.8) is 0 Å². The summed E-state index contributed by atoms with van der Waals surface area (Å²) in [6, 6.07) is 3.27. The molecule has 28 heavy (non-hydrogen) atoms. The monoisotopic (exact) mass is 397 g/mol. The summed E-state index contributed by atoms with van der Waals surface area (Å²) in [7, 11) is 0. The number of carbonyl (C=O) groups excluding carboxylic acids is 2. The Morgan fingerprint density at radius 3 is 2.89 bits per heavy atom. The van der Waals surface area contributed by atoms with Crippen molar-refractivity contribution in [3.8, 4) is 0 Å². The minimum atomic E-state index is -0.213. The maximum Gasteiger partial charge on any atom is 0.270 e. The molecule has 2 aliphatic rings. The molecule has 5 heterocycles. The maximum absolute atomic E-state index is 12.7. The van der Waals surface area contributed by atoms with E-state index >= 15 is 0 Å². The molecule has 1 atom stereocenters. The van der Waals surface area contributed by atoms with Gasteiger partial charge in [0.05, 0.1) is 11.6 Å². The molecule has 1 spiro atoms. The number of nitrogens with zero attached hydrogens (tertiary/aromatic N) is 6. The molecule has 3 aromatic rings. The van der Waals surface area contributed by atoms with Gasteiger partial charge in [-0.1, -0.05) is 0 Å². The third-order valence-corrected chi connectivity index (χ3v) is 6.27. The molecule has 2 amide bonds. The zero-order chi connectivity index (χ0) is 19.3. The van der Waals surface area contributed by atoms with Gasteiger partial charge in [-0.15, -0.1) is 0 Å². The number of likely N-dealkylation sites (tertiary alicyclic amines) is 1. The fourth-order valence-electron chi connectivity index (χ4n) is 4.24. The van der Waals surface area contributed by atoms with E-state index in [2.05, 4.69) is 24.3 Å². The summed E-state index contributed by atoms with van der Waals surface area (Å²) in [5.74, 6) is 0.683. The van der Waals surface area contributed by atoms with Crippen LogP contribution in [0, 0.1) is 0 Å². The van der Waals surface area contributed by atoms with E-state index in [0.717, 1.165) is 5.82 Å². The second kappa shape index (κ2) is 6.26. The SMILES string of the molecule is CCn1nccc1C(=O)NC1CC2(CN(C(=O)c3ccns3)C2)n2ccnc21. The van der Waals surface area contributed by atoms with Crippen LogP contribution in [0.25, 0.3) is 0 Å². The zero-order valence-corrected chi connectivity index (χ0v) is 16.1. The van der Waals surface area contributed by atoms with Crippen molar-refractivity contribution in [2.24, 2.45) is 0 Å². The minimum absolute atomic E-state index is 0.00845. The van der Waals surface area contributed by atoms with E-state index in [1.54, 1.807) is 35.4 Å². The van der Waals surface area contributed by atoms with Gasteiger partial charge in [0.25, 0.3) is 11.8 Å². The molecule has 3 aromatic heterocycles. The first-order valence-corrected chi connectivity index (χ1v) is 9.95. The zero-order valence-electron chi connectivity index (χ0n) is 15.3. The Hall–Kier alpha value is -3.01. The van der Waals surface area contributed by atoms with Gasteiger partial charge in [0.2, 0.25) is 0 Å². The first kappa shape index (κ1) is 17.1. The van der Waals surface area contributed by atoms with Crippen LogP contribution in [0.15, 0.2) is 36.9 Å². The van der Waals surface area contributed by atoms with Gasteiger partial charge in [-0.25, -0.2) is 9.36 Å². The standard InChI is InChI=1S/C18H19N7O2S/c1-2-25-13(3-5-20-25)16(26)22-12-9-18(24-8-7-19-15(12)24)10-23(11-18)17(27)14-4-6-21-28-14/h3-8,12H,2,9-11H2,1H3,(H,22,26). The summed E-state index contributed by atoms with van der Waals surface area (Å²) in [6.07, 6.45) is 7.67. The Bertz CT molecular complexity index is 1030. The van der Waals surface area contributed by atoms with Gasteiger partial charge in [-0.3, -0.25) is 14.3 Å². The number of amides is 2. The molecule has 0 aromatic carbocycles. The van der Waals surface area contributed by atoms with Gasteiger partial charge in [-0.2, -0.15) is 5.10 Å². The van der Waals surface area contributed by atoms with Crippen molar-refractivity contribution in [2.75, 3.05) is 13.1 Å². The number of aryl methyl sites for hydroxylation is 1. The number of imidazole rings is 1. The van der Waals surface area contributed by atoms with Crippen LogP contribution in [0.3, 0.4) is 0 Å². The van der Waals surface area contributed by atoms with Crippen molar-refractivity contribution >= 4 is 23.3 Å². The lowest BCUT2D eigenvalue weighted by molar-refractivity contribution is 0.0143. The second-order valence-electron chi connectivity index (χ2n) is 7.18.